The summed E-state index contributed by atoms with van der Waals surface area (Å²) < 4.78 is 6.57. The van der Waals surface area contributed by atoms with E-state index in [0.717, 1.165) is 21.3 Å². The molecule has 0 saturated carbocycles. The maximum Gasteiger partial charge on any atom is 0.237 e. The summed E-state index contributed by atoms with van der Waals surface area (Å²) in [5.74, 6) is 1.31. The van der Waals surface area contributed by atoms with Crippen molar-refractivity contribution in [3.05, 3.63) is 53.8 Å². The largest absolute Gasteiger partial charge is 0.455 e. The van der Waals surface area contributed by atoms with Gasteiger partial charge < -0.3 is 10.1 Å². The molecule has 3 rings (SSSR count). The summed E-state index contributed by atoms with van der Waals surface area (Å²) in [5, 5.41) is 10.4. The lowest BCUT2D eigenvalue weighted by atomic mass is 10.2. The molecule has 3 aromatic rings. The lowest BCUT2D eigenvalue weighted by Crippen LogP contribution is -2.22. The number of aryl methyl sites for hydroxylation is 1. The SMILES string of the molecule is Cc1cc(NC(=O)[C@@H](C)Sc2nncs2)ccc1Oc1cccnc1. The second-order valence-corrected chi connectivity index (χ2v) is 7.65. The molecule has 0 unspecified atom stereocenters. The molecule has 0 aliphatic carbocycles. The number of nitrogens with zero attached hydrogens (tertiary/aromatic N) is 3. The third kappa shape index (κ3) is 4.77. The van der Waals surface area contributed by atoms with Gasteiger partial charge in [0.15, 0.2) is 4.34 Å². The quantitative estimate of drug-likeness (QED) is 0.655. The van der Waals surface area contributed by atoms with Crippen molar-refractivity contribution in [2.75, 3.05) is 5.32 Å². The zero-order valence-electron chi connectivity index (χ0n) is 13.7. The Kier molecular flexibility index (Phi) is 5.62. The molecule has 8 heteroatoms. The van der Waals surface area contributed by atoms with E-state index in [1.54, 1.807) is 17.9 Å². The smallest absolute Gasteiger partial charge is 0.237 e. The van der Waals surface area contributed by atoms with Crippen molar-refractivity contribution >= 4 is 34.7 Å². The number of thioether (sulfide) groups is 1. The van der Waals surface area contributed by atoms with E-state index in [9.17, 15) is 4.79 Å². The number of rotatable bonds is 6. The van der Waals surface area contributed by atoms with Crippen molar-refractivity contribution in [2.45, 2.75) is 23.4 Å². The molecule has 0 aliphatic heterocycles. The Morgan fingerprint density at radius 1 is 1.36 bits per heavy atom. The molecule has 0 spiro atoms. The van der Waals surface area contributed by atoms with Gasteiger partial charge in [-0.25, -0.2) is 0 Å². The Morgan fingerprint density at radius 2 is 2.24 bits per heavy atom. The molecule has 1 atom stereocenters. The highest BCUT2D eigenvalue weighted by Crippen LogP contribution is 2.28. The van der Waals surface area contributed by atoms with E-state index in [2.05, 4.69) is 20.5 Å². The van der Waals surface area contributed by atoms with Gasteiger partial charge in [0.1, 0.15) is 17.0 Å². The third-order valence-corrected chi connectivity index (χ3v) is 5.20. The van der Waals surface area contributed by atoms with Crippen LogP contribution in [0.25, 0.3) is 0 Å². The second-order valence-electron chi connectivity index (χ2n) is 5.23. The van der Waals surface area contributed by atoms with Crippen molar-refractivity contribution in [1.29, 1.82) is 0 Å². The molecule has 1 N–H and O–H groups in total. The number of hydrogen-bond donors (Lipinski definition) is 1. The summed E-state index contributed by atoms with van der Waals surface area (Å²) in [4.78, 5) is 16.3. The van der Waals surface area contributed by atoms with Crippen molar-refractivity contribution in [3.63, 3.8) is 0 Å². The fourth-order valence-corrected chi connectivity index (χ4v) is 3.66. The van der Waals surface area contributed by atoms with Crippen molar-refractivity contribution in [2.24, 2.45) is 0 Å². The van der Waals surface area contributed by atoms with Crippen LogP contribution in [0.2, 0.25) is 0 Å². The Hall–Kier alpha value is -2.45. The molecule has 1 aromatic carbocycles. The first-order valence-corrected chi connectivity index (χ1v) is 9.30. The fraction of sp³-hybridized carbons (Fsp3) is 0.176. The molecule has 0 bridgehead atoms. The first-order valence-electron chi connectivity index (χ1n) is 7.54. The molecule has 25 heavy (non-hydrogen) atoms. The Labute approximate surface area is 153 Å². The van der Waals surface area contributed by atoms with Crippen LogP contribution in [0.15, 0.2) is 52.6 Å². The average Bonchev–Trinajstić information content (AvgIpc) is 3.11. The van der Waals surface area contributed by atoms with Crippen LogP contribution in [-0.4, -0.2) is 26.3 Å². The van der Waals surface area contributed by atoms with Crippen LogP contribution >= 0.6 is 23.1 Å². The third-order valence-electron chi connectivity index (χ3n) is 3.29. The number of benzene rings is 1. The van der Waals surface area contributed by atoms with Gasteiger partial charge in [0.05, 0.1) is 11.4 Å². The lowest BCUT2D eigenvalue weighted by Gasteiger charge is -2.13. The number of anilines is 1. The van der Waals surface area contributed by atoms with Crippen LogP contribution in [0.3, 0.4) is 0 Å². The van der Waals surface area contributed by atoms with Gasteiger partial charge in [-0.3, -0.25) is 9.78 Å². The standard InChI is InChI=1S/C17H16N4O2S2/c1-11-8-13(5-6-15(11)23-14-4-3-7-18-9-14)20-16(22)12(2)25-17-21-19-10-24-17/h3-10,12H,1-2H3,(H,20,22)/t12-/m1/s1. The zero-order valence-corrected chi connectivity index (χ0v) is 15.3. The average molecular weight is 372 g/mol. The van der Waals surface area contributed by atoms with Gasteiger partial charge in [-0.1, -0.05) is 23.1 Å². The number of hydrogen-bond acceptors (Lipinski definition) is 7. The van der Waals surface area contributed by atoms with Crippen LogP contribution in [0.5, 0.6) is 11.5 Å². The van der Waals surface area contributed by atoms with E-state index in [0.29, 0.717) is 5.75 Å². The van der Waals surface area contributed by atoms with Crippen molar-refractivity contribution in [1.82, 2.24) is 15.2 Å². The number of nitrogens with one attached hydrogen (secondary N) is 1. The first-order chi connectivity index (χ1) is 12.1. The Morgan fingerprint density at radius 3 is 2.92 bits per heavy atom. The number of ether oxygens (including phenoxy) is 1. The molecule has 6 nitrogen and oxygen atoms in total. The van der Waals surface area contributed by atoms with Crippen LogP contribution in [0.4, 0.5) is 5.69 Å². The van der Waals surface area contributed by atoms with Gasteiger partial charge in [0, 0.05) is 11.9 Å². The normalized spacial score (nSPS) is 11.8. The minimum atomic E-state index is -0.264. The van der Waals surface area contributed by atoms with Crippen LogP contribution in [-0.2, 0) is 4.79 Å². The molecule has 2 aromatic heterocycles. The topological polar surface area (TPSA) is 77.0 Å². The van der Waals surface area contributed by atoms with Gasteiger partial charge >= 0.3 is 0 Å². The number of pyridine rings is 1. The molecule has 1 amide bonds. The maximum atomic E-state index is 12.3. The highest BCUT2D eigenvalue weighted by molar-refractivity contribution is 8.02. The minimum Gasteiger partial charge on any atom is -0.455 e. The molecular formula is C17H16N4O2S2. The Bertz CT molecular complexity index is 841. The predicted octanol–water partition coefficient (Wildman–Crippen LogP) is 4.15. The Balaban J connectivity index is 1.63. The van der Waals surface area contributed by atoms with Gasteiger partial charge in [-0.15, -0.1) is 10.2 Å². The van der Waals surface area contributed by atoms with Crippen molar-refractivity contribution in [3.8, 4) is 11.5 Å². The van der Waals surface area contributed by atoms with Crippen LogP contribution in [0, 0.1) is 6.92 Å². The zero-order chi connectivity index (χ0) is 17.6. The second kappa shape index (κ2) is 8.09. The van der Waals surface area contributed by atoms with Crippen LogP contribution < -0.4 is 10.1 Å². The summed E-state index contributed by atoms with van der Waals surface area (Å²) in [5.41, 5.74) is 3.30. The van der Waals surface area contributed by atoms with Gasteiger partial charge in [-0.2, -0.15) is 0 Å². The number of carbonyl (C=O) groups is 1. The van der Waals surface area contributed by atoms with Gasteiger partial charge in [-0.05, 0) is 49.7 Å². The number of amides is 1. The number of carbonyl (C=O) groups excluding carboxylic acids is 1. The molecule has 0 fully saturated rings. The van der Waals surface area contributed by atoms with E-state index in [4.69, 9.17) is 4.74 Å². The summed E-state index contributed by atoms with van der Waals surface area (Å²) in [6.07, 6.45) is 3.35. The van der Waals surface area contributed by atoms with E-state index in [-0.39, 0.29) is 11.2 Å². The van der Waals surface area contributed by atoms with E-state index < -0.39 is 0 Å². The highest BCUT2D eigenvalue weighted by atomic mass is 32.2. The summed E-state index contributed by atoms with van der Waals surface area (Å²) in [7, 11) is 0. The fourth-order valence-electron chi connectivity index (χ4n) is 2.04. The van der Waals surface area contributed by atoms with E-state index in [1.165, 1.54) is 23.1 Å². The summed E-state index contributed by atoms with van der Waals surface area (Å²) >= 11 is 2.81. The van der Waals surface area contributed by atoms with E-state index >= 15 is 0 Å². The van der Waals surface area contributed by atoms with Gasteiger partial charge in [0.2, 0.25) is 5.91 Å². The molecule has 0 radical (unpaired) electrons. The maximum absolute atomic E-state index is 12.3. The van der Waals surface area contributed by atoms with E-state index in [1.807, 2.05) is 44.2 Å². The molecule has 0 saturated heterocycles. The summed E-state index contributed by atoms with van der Waals surface area (Å²) in [6, 6.07) is 9.19. The van der Waals surface area contributed by atoms with Crippen molar-refractivity contribution < 1.29 is 9.53 Å². The molecule has 128 valence electrons. The highest BCUT2D eigenvalue weighted by Gasteiger charge is 2.16. The number of aromatic nitrogens is 3. The lowest BCUT2D eigenvalue weighted by molar-refractivity contribution is -0.115. The van der Waals surface area contributed by atoms with Gasteiger partial charge in [0.25, 0.3) is 0 Å². The van der Waals surface area contributed by atoms with Crippen LogP contribution in [0.1, 0.15) is 12.5 Å². The monoisotopic (exact) mass is 372 g/mol. The first kappa shape index (κ1) is 17.4. The predicted molar refractivity (Wildman–Crippen MR) is 99.3 cm³/mol. The summed E-state index contributed by atoms with van der Waals surface area (Å²) in [6.45, 7) is 3.77. The molecular weight excluding hydrogens is 356 g/mol. The molecule has 0 aliphatic rings. The molecule has 2 heterocycles. The minimum absolute atomic E-state index is 0.0828.